The summed E-state index contributed by atoms with van der Waals surface area (Å²) in [5.74, 6) is 0. The topological polar surface area (TPSA) is 12.5 Å². The lowest BCUT2D eigenvalue weighted by atomic mass is 9.92. The van der Waals surface area contributed by atoms with Crippen LogP contribution in [0.3, 0.4) is 0 Å². The molecule has 0 aromatic rings. The molecule has 1 saturated carbocycles. The number of likely N-dealkylation sites (tertiary alicyclic amines) is 1. The van der Waals surface area contributed by atoms with E-state index in [2.05, 4.69) is 4.90 Å². The van der Waals surface area contributed by atoms with Crippen molar-refractivity contribution < 1.29 is 4.74 Å². The Balaban J connectivity index is 1.53. The molecule has 1 aliphatic carbocycles. The van der Waals surface area contributed by atoms with E-state index in [9.17, 15) is 0 Å². The molecule has 0 amide bonds. The maximum atomic E-state index is 5.42. The molecule has 2 heterocycles. The lowest BCUT2D eigenvalue weighted by Crippen LogP contribution is -2.44. The van der Waals surface area contributed by atoms with E-state index >= 15 is 0 Å². The monoisotopic (exact) mass is 195 g/mol. The predicted molar refractivity (Wildman–Crippen MR) is 56.3 cm³/mol. The molecule has 3 fully saturated rings. The minimum absolute atomic E-state index is 0.835. The van der Waals surface area contributed by atoms with Gasteiger partial charge in [-0.2, -0.15) is 0 Å². The van der Waals surface area contributed by atoms with Crippen molar-refractivity contribution >= 4 is 0 Å². The molecule has 3 rings (SSSR count). The highest BCUT2D eigenvalue weighted by Gasteiger charge is 2.45. The van der Waals surface area contributed by atoms with E-state index in [4.69, 9.17) is 4.74 Å². The molecule has 0 radical (unpaired) electrons. The van der Waals surface area contributed by atoms with Gasteiger partial charge < -0.3 is 9.64 Å². The van der Waals surface area contributed by atoms with Gasteiger partial charge in [-0.1, -0.05) is 0 Å². The van der Waals surface area contributed by atoms with E-state index < -0.39 is 0 Å². The minimum Gasteiger partial charge on any atom is -0.381 e. The van der Waals surface area contributed by atoms with E-state index in [0.29, 0.717) is 0 Å². The first-order chi connectivity index (χ1) is 6.88. The van der Waals surface area contributed by atoms with Crippen molar-refractivity contribution in [1.82, 2.24) is 4.90 Å². The Labute approximate surface area is 86.6 Å². The van der Waals surface area contributed by atoms with Crippen LogP contribution in [0.15, 0.2) is 0 Å². The first kappa shape index (κ1) is 9.17. The second-order valence-electron chi connectivity index (χ2n) is 5.38. The molecular weight excluding hydrogens is 174 g/mol. The highest BCUT2D eigenvalue weighted by atomic mass is 16.5. The Morgan fingerprint density at radius 2 is 1.57 bits per heavy atom. The fraction of sp³-hybridized carbons (Fsp3) is 1.00. The Morgan fingerprint density at radius 3 is 2.14 bits per heavy atom. The number of nitrogens with zero attached hydrogens (tertiary/aromatic N) is 1. The predicted octanol–water partition coefficient (Wildman–Crippen LogP) is 2.04. The lowest BCUT2D eigenvalue weighted by Gasteiger charge is -2.39. The molecule has 2 heteroatoms. The summed E-state index contributed by atoms with van der Waals surface area (Å²) in [7, 11) is 0. The van der Waals surface area contributed by atoms with E-state index in [1.54, 1.807) is 0 Å². The van der Waals surface area contributed by atoms with Gasteiger partial charge in [-0.25, -0.2) is 0 Å². The van der Waals surface area contributed by atoms with Gasteiger partial charge in [0.2, 0.25) is 0 Å². The molecule has 2 nitrogen and oxygen atoms in total. The van der Waals surface area contributed by atoms with Crippen molar-refractivity contribution in [2.24, 2.45) is 5.41 Å². The Kier molecular flexibility index (Phi) is 2.29. The van der Waals surface area contributed by atoms with E-state index in [1.165, 1.54) is 51.6 Å². The average Bonchev–Trinajstić information content (AvgIpc) is 3.01. The molecular formula is C12H21NO. The molecule has 2 saturated heterocycles. The van der Waals surface area contributed by atoms with Crippen LogP contribution in [0, 0.1) is 5.41 Å². The Morgan fingerprint density at radius 1 is 0.929 bits per heavy atom. The van der Waals surface area contributed by atoms with Crippen LogP contribution in [0.5, 0.6) is 0 Å². The van der Waals surface area contributed by atoms with Crippen molar-refractivity contribution in [2.75, 3.05) is 26.3 Å². The Hall–Kier alpha value is -0.0800. The van der Waals surface area contributed by atoms with Gasteiger partial charge >= 0.3 is 0 Å². The van der Waals surface area contributed by atoms with Gasteiger partial charge in [-0.15, -0.1) is 0 Å². The summed E-state index contributed by atoms with van der Waals surface area (Å²) in [5, 5.41) is 0. The fourth-order valence-corrected chi connectivity index (χ4v) is 3.09. The second kappa shape index (κ2) is 3.49. The van der Waals surface area contributed by atoms with Gasteiger partial charge in [0.05, 0.1) is 0 Å². The maximum absolute atomic E-state index is 5.42. The highest BCUT2D eigenvalue weighted by Crippen LogP contribution is 2.53. The molecule has 80 valence electrons. The molecule has 14 heavy (non-hydrogen) atoms. The van der Waals surface area contributed by atoms with Crippen molar-refractivity contribution in [3.05, 3.63) is 0 Å². The van der Waals surface area contributed by atoms with Crippen LogP contribution < -0.4 is 0 Å². The van der Waals surface area contributed by atoms with Gasteiger partial charge in [-0.05, 0) is 57.0 Å². The van der Waals surface area contributed by atoms with Gasteiger partial charge in [0.25, 0.3) is 0 Å². The lowest BCUT2D eigenvalue weighted by molar-refractivity contribution is 0.0189. The zero-order chi connectivity index (χ0) is 9.43. The average molecular weight is 195 g/mol. The van der Waals surface area contributed by atoms with Gasteiger partial charge in [0.1, 0.15) is 0 Å². The number of piperidine rings is 1. The summed E-state index contributed by atoms with van der Waals surface area (Å²) < 4.78 is 5.42. The van der Waals surface area contributed by atoms with Crippen LogP contribution in [0.1, 0.15) is 38.5 Å². The molecule has 0 atom stereocenters. The standard InChI is InChI=1S/C12H21NO/c1-9-14-10-2-11(1)13-7-5-12(3-4-12)6-8-13/h11H,1-10H2. The van der Waals surface area contributed by atoms with Crippen LogP contribution >= 0.6 is 0 Å². The molecule has 0 aromatic heterocycles. The smallest absolute Gasteiger partial charge is 0.0480 e. The molecule has 0 aromatic carbocycles. The molecule has 3 aliphatic rings. The first-order valence-corrected chi connectivity index (χ1v) is 6.20. The van der Waals surface area contributed by atoms with Crippen molar-refractivity contribution in [2.45, 2.75) is 44.6 Å². The van der Waals surface area contributed by atoms with Gasteiger partial charge in [-0.3, -0.25) is 0 Å². The van der Waals surface area contributed by atoms with Crippen LogP contribution in [0.4, 0.5) is 0 Å². The number of ether oxygens (including phenoxy) is 1. The van der Waals surface area contributed by atoms with Gasteiger partial charge in [0.15, 0.2) is 0 Å². The zero-order valence-electron chi connectivity index (χ0n) is 9.00. The maximum Gasteiger partial charge on any atom is 0.0480 e. The van der Waals surface area contributed by atoms with E-state index in [0.717, 1.165) is 24.7 Å². The number of rotatable bonds is 1. The molecule has 0 unspecified atom stereocenters. The van der Waals surface area contributed by atoms with Crippen LogP contribution in [-0.4, -0.2) is 37.2 Å². The summed E-state index contributed by atoms with van der Waals surface area (Å²) in [6.07, 6.45) is 8.54. The first-order valence-electron chi connectivity index (χ1n) is 6.20. The number of hydrogen-bond donors (Lipinski definition) is 0. The third-order valence-electron chi connectivity index (χ3n) is 4.52. The highest BCUT2D eigenvalue weighted by molar-refractivity contribution is 4.97. The second-order valence-corrected chi connectivity index (χ2v) is 5.38. The van der Waals surface area contributed by atoms with Gasteiger partial charge in [0, 0.05) is 19.3 Å². The van der Waals surface area contributed by atoms with E-state index in [1.807, 2.05) is 0 Å². The number of hydrogen-bond acceptors (Lipinski definition) is 2. The summed E-state index contributed by atoms with van der Waals surface area (Å²) in [6.45, 7) is 4.72. The van der Waals surface area contributed by atoms with Crippen LogP contribution in [-0.2, 0) is 4.74 Å². The normalized spacial score (nSPS) is 33.4. The van der Waals surface area contributed by atoms with Crippen molar-refractivity contribution in [3.63, 3.8) is 0 Å². The summed E-state index contributed by atoms with van der Waals surface area (Å²) in [4.78, 5) is 2.73. The van der Waals surface area contributed by atoms with Crippen molar-refractivity contribution in [1.29, 1.82) is 0 Å². The molecule has 0 N–H and O–H groups in total. The SMILES string of the molecule is C1CC(N2CCC3(CC2)CC3)CCO1. The summed E-state index contributed by atoms with van der Waals surface area (Å²) in [6, 6.07) is 0.847. The molecule has 1 spiro atoms. The summed E-state index contributed by atoms with van der Waals surface area (Å²) in [5.41, 5.74) is 0.835. The van der Waals surface area contributed by atoms with Crippen LogP contribution in [0.2, 0.25) is 0 Å². The molecule has 2 aliphatic heterocycles. The van der Waals surface area contributed by atoms with Crippen LogP contribution in [0.25, 0.3) is 0 Å². The Bertz CT molecular complexity index is 196. The third kappa shape index (κ3) is 1.70. The zero-order valence-corrected chi connectivity index (χ0v) is 9.00. The largest absolute Gasteiger partial charge is 0.381 e. The fourth-order valence-electron chi connectivity index (χ4n) is 3.09. The summed E-state index contributed by atoms with van der Waals surface area (Å²) >= 11 is 0. The van der Waals surface area contributed by atoms with E-state index in [-0.39, 0.29) is 0 Å². The third-order valence-corrected chi connectivity index (χ3v) is 4.52. The minimum atomic E-state index is 0.835. The molecule has 0 bridgehead atoms. The van der Waals surface area contributed by atoms with Crippen molar-refractivity contribution in [3.8, 4) is 0 Å². The quantitative estimate of drug-likeness (QED) is 0.635.